The number of ether oxygens (including phenoxy) is 2. The van der Waals surface area contributed by atoms with Gasteiger partial charge >= 0.3 is 12.2 Å². The molecule has 1 heterocycles. The lowest BCUT2D eigenvalue weighted by atomic mass is 9.75. The second kappa shape index (κ2) is 11.4. The van der Waals surface area contributed by atoms with E-state index < -0.39 is 17.7 Å². The molecule has 1 aromatic heterocycles. The van der Waals surface area contributed by atoms with Gasteiger partial charge in [-0.15, -0.1) is 0 Å². The van der Waals surface area contributed by atoms with Gasteiger partial charge in [0, 0.05) is 5.57 Å². The van der Waals surface area contributed by atoms with Crippen molar-refractivity contribution in [2.75, 3.05) is 0 Å². The molecule has 3 aromatic carbocycles. The Morgan fingerprint density at radius 1 is 0.846 bits per heavy atom. The zero-order valence-electron chi connectivity index (χ0n) is 21.2. The van der Waals surface area contributed by atoms with Crippen LogP contribution >= 0.6 is 11.3 Å². The SMILES string of the molecule is C[C@]1(N(NC(=O)OCc2ccccc2)C(=O)OCc2ccccc2)C(=O)C(c2ccsc2)=Cc2ccccc21. The number of nitrogens with zero attached hydrogens (tertiary/aromatic N) is 1. The lowest BCUT2D eigenvalue weighted by molar-refractivity contribution is -0.126. The van der Waals surface area contributed by atoms with Crippen LogP contribution in [0.25, 0.3) is 11.6 Å². The number of rotatable bonds is 6. The van der Waals surface area contributed by atoms with E-state index in [0.717, 1.165) is 27.3 Å². The van der Waals surface area contributed by atoms with E-state index in [1.54, 1.807) is 19.1 Å². The zero-order chi connectivity index (χ0) is 27.2. The van der Waals surface area contributed by atoms with Crippen LogP contribution in [0.15, 0.2) is 102 Å². The van der Waals surface area contributed by atoms with E-state index in [1.165, 1.54) is 11.3 Å². The van der Waals surface area contributed by atoms with Crippen LogP contribution in [0.4, 0.5) is 9.59 Å². The molecule has 0 bridgehead atoms. The largest absolute Gasteiger partial charge is 0.443 e. The fraction of sp³-hybridized carbons (Fsp3) is 0.129. The standard InChI is InChI=1S/C31H26N2O5S/c1-31(27-15-9-8-14-24(27)18-26(28(31)34)25-16-17-39-21-25)33(30(36)38-20-23-12-6-3-7-13-23)32-29(35)37-19-22-10-4-2-5-11-22/h2-18,21H,19-20H2,1H3,(H,32,35)/t31-/m1/s1. The van der Waals surface area contributed by atoms with Gasteiger partial charge in [0.15, 0.2) is 11.3 Å². The van der Waals surface area contributed by atoms with E-state index in [0.29, 0.717) is 11.1 Å². The maximum atomic E-state index is 14.2. The number of carbonyl (C=O) groups is 3. The van der Waals surface area contributed by atoms with Gasteiger partial charge in [-0.05, 0) is 57.6 Å². The van der Waals surface area contributed by atoms with Crippen molar-refractivity contribution in [2.45, 2.75) is 25.7 Å². The van der Waals surface area contributed by atoms with Crippen molar-refractivity contribution in [3.05, 3.63) is 130 Å². The molecule has 196 valence electrons. The van der Waals surface area contributed by atoms with Gasteiger partial charge in [-0.25, -0.2) is 15.0 Å². The fourth-order valence-electron chi connectivity index (χ4n) is 4.50. The molecule has 0 radical (unpaired) electrons. The summed E-state index contributed by atoms with van der Waals surface area (Å²) in [5, 5.41) is 4.70. The highest BCUT2D eigenvalue weighted by atomic mass is 32.1. The molecule has 0 unspecified atom stereocenters. The summed E-state index contributed by atoms with van der Waals surface area (Å²) in [4.78, 5) is 40.8. The number of fused-ring (bicyclic) bond motifs is 1. The molecule has 1 N–H and O–H groups in total. The van der Waals surface area contributed by atoms with Crippen molar-refractivity contribution in [1.82, 2.24) is 10.4 Å². The van der Waals surface area contributed by atoms with Crippen LogP contribution in [0.2, 0.25) is 0 Å². The average Bonchev–Trinajstić information content (AvgIpc) is 3.51. The second-order valence-electron chi connectivity index (χ2n) is 9.11. The molecule has 5 rings (SSSR count). The van der Waals surface area contributed by atoms with Crippen molar-refractivity contribution >= 4 is 41.0 Å². The summed E-state index contributed by atoms with van der Waals surface area (Å²) in [6.07, 6.45) is 0.0178. The number of nitrogens with one attached hydrogen (secondary N) is 1. The average molecular weight is 539 g/mol. The Balaban J connectivity index is 1.49. The number of benzene rings is 3. The van der Waals surface area contributed by atoms with Gasteiger partial charge in [0.25, 0.3) is 0 Å². The predicted molar refractivity (Wildman–Crippen MR) is 149 cm³/mol. The van der Waals surface area contributed by atoms with Crippen molar-refractivity contribution in [3.8, 4) is 0 Å². The fourth-order valence-corrected chi connectivity index (χ4v) is 5.15. The summed E-state index contributed by atoms with van der Waals surface area (Å²) in [6.45, 7) is 1.55. The summed E-state index contributed by atoms with van der Waals surface area (Å²) < 4.78 is 11.0. The first-order valence-electron chi connectivity index (χ1n) is 12.3. The van der Waals surface area contributed by atoms with Crippen molar-refractivity contribution in [2.24, 2.45) is 0 Å². The van der Waals surface area contributed by atoms with E-state index in [1.807, 2.05) is 95.7 Å². The lowest BCUT2D eigenvalue weighted by Crippen LogP contribution is -2.61. The molecule has 7 nitrogen and oxygen atoms in total. The van der Waals surface area contributed by atoms with E-state index >= 15 is 0 Å². The van der Waals surface area contributed by atoms with Crippen molar-refractivity contribution in [1.29, 1.82) is 0 Å². The molecule has 0 saturated carbocycles. The monoisotopic (exact) mass is 538 g/mol. The van der Waals surface area contributed by atoms with Crippen LogP contribution in [0.5, 0.6) is 0 Å². The molecule has 8 heteroatoms. The summed E-state index contributed by atoms with van der Waals surface area (Å²) >= 11 is 1.46. The van der Waals surface area contributed by atoms with E-state index in [4.69, 9.17) is 9.47 Å². The molecule has 0 spiro atoms. The van der Waals surface area contributed by atoms with Crippen LogP contribution in [0.3, 0.4) is 0 Å². The number of ketones is 1. The summed E-state index contributed by atoms with van der Waals surface area (Å²) in [5.41, 5.74) is 4.90. The Morgan fingerprint density at radius 2 is 1.46 bits per heavy atom. The highest BCUT2D eigenvalue weighted by Crippen LogP contribution is 2.42. The topological polar surface area (TPSA) is 84.9 Å². The number of hydrogen-bond acceptors (Lipinski definition) is 6. The molecule has 1 aliphatic rings. The van der Waals surface area contributed by atoms with E-state index in [-0.39, 0.29) is 19.0 Å². The quantitative estimate of drug-likeness (QED) is 0.281. The van der Waals surface area contributed by atoms with Gasteiger partial charge in [-0.3, -0.25) is 4.79 Å². The maximum absolute atomic E-state index is 14.2. The first-order valence-corrected chi connectivity index (χ1v) is 13.3. The minimum Gasteiger partial charge on any atom is -0.443 e. The van der Waals surface area contributed by atoms with Gasteiger partial charge in [-0.1, -0.05) is 84.9 Å². The van der Waals surface area contributed by atoms with Gasteiger partial charge in [0.05, 0.1) is 0 Å². The molecule has 0 saturated heterocycles. The van der Waals surface area contributed by atoms with Gasteiger partial charge in [0.1, 0.15) is 13.2 Å². The zero-order valence-corrected chi connectivity index (χ0v) is 22.0. The lowest BCUT2D eigenvalue weighted by Gasteiger charge is -2.41. The van der Waals surface area contributed by atoms with Crippen LogP contribution in [-0.4, -0.2) is 23.0 Å². The number of carbonyl (C=O) groups excluding carboxylic acids is 3. The van der Waals surface area contributed by atoms with E-state index in [2.05, 4.69) is 5.43 Å². The van der Waals surface area contributed by atoms with Crippen molar-refractivity contribution in [3.63, 3.8) is 0 Å². The Morgan fingerprint density at radius 3 is 2.10 bits per heavy atom. The molecule has 0 aliphatic heterocycles. The minimum atomic E-state index is -1.62. The predicted octanol–water partition coefficient (Wildman–Crippen LogP) is 6.57. The van der Waals surface area contributed by atoms with E-state index in [9.17, 15) is 14.4 Å². The summed E-state index contributed by atoms with van der Waals surface area (Å²) in [7, 11) is 0. The molecule has 0 fully saturated rings. The van der Waals surface area contributed by atoms with Crippen molar-refractivity contribution < 1.29 is 23.9 Å². The first-order chi connectivity index (χ1) is 19.0. The minimum absolute atomic E-state index is 0.0130. The maximum Gasteiger partial charge on any atom is 0.430 e. The molecular weight excluding hydrogens is 512 g/mol. The number of hydrogen-bond donors (Lipinski definition) is 1. The first kappa shape index (κ1) is 25.9. The molecule has 1 atom stereocenters. The molecule has 2 amide bonds. The number of hydrazine groups is 1. The summed E-state index contributed by atoms with van der Waals surface area (Å²) in [6, 6.07) is 27.5. The van der Waals surface area contributed by atoms with Crippen LogP contribution in [0.1, 0.15) is 34.7 Å². The second-order valence-corrected chi connectivity index (χ2v) is 9.89. The third kappa shape index (κ3) is 5.46. The number of thiophene rings is 1. The smallest absolute Gasteiger partial charge is 0.430 e. The van der Waals surface area contributed by atoms with Crippen LogP contribution in [-0.2, 0) is 33.0 Å². The van der Waals surface area contributed by atoms with Gasteiger partial charge in [0.2, 0.25) is 0 Å². The van der Waals surface area contributed by atoms with Crippen LogP contribution in [0, 0.1) is 0 Å². The Hall–Kier alpha value is -4.69. The third-order valence-corrected chi connectivity index (χ3v) is 7.24. The third-order valence-electron chi connectivity index (χ3n) is 6.55. The van der Waals surface area contributed by atoms with Gasteiger partial charge < -0.3 is 9.47 Å². The normalized spacial score (nSPS) is 16.0. The molecular formula is C31H26N2O5S. The Kier molecular flexibility index (Phi) is 7.56. The van der Waals surface area contributed by atoms with Gasteiger partial charge in [-0.2, -0.15) is 16.3 Å². The molecule has 39 heavy (non-hydrogen) atoms. The highest BCUT2D eigenvalue weighted by molar-refractivity contribution is 7.08. The van der Waals surface area contributed by atoms with Crippen LogP contribution < -0.4 is 5.43 Å². The molecule has 4 aromatic rings. The summed E-state index contributed by atoms with van der Waals surface area (Å²) in [5.74, 6) is -0.361. The Bertz CT molecular complexity index is 1500. The molecule has 1 aliphatic carbocycles. The highest BCUT2D eigenvalue weighted by Gasteiger charge is 2.50. The Labute approximate surface area is 230 Å². The number of amides is 2. The number of Topliss-reactive ketones (excluding diaryl/α,β-unsaturated/α-hetero) is 1.